The fraction of sp³-hybridized carbons (Fsp3) is 0.0968. The standard InChI is InChI=1S/C31H27N7O11S3.3Na/c1-17-32-25-10-5-4-9-24(25)29(33-17)37-36-20-14-26(34-30(39)18-7-6-8-21(11-18)50(41,42)43)28(38(2)3)27(15-20)35-31(40)19-12-22(51(44,45)46)16-23(13-19)52(47,48)49;;;/h4-16H,1-3H3,(H,34,39)(H,35,40)(H,41,42,43)(H,44,45,46)(H,47,48,49);;;/q;3*+1/p-3. The number of aromatic nitrogens is 2. The van der Waals surface area contributed by atoms with Gasteiger partial charge < -0.3 is 29.2 Å². The molecule has 0 saturated carbocycles. The molecule has 1 aromatic heterocycles. The molecule has 270 valence electrons. The quantitative estimate of drug-likeness (QED) is 0.0755. The van der Waals surface area contributed by atoms with Gasteiger partial charge in [0.25, 0.3) is 11.8 Å². The number of azo groups is 1. The summed E-state index contributed by atoms with van der Waals surface area (Å²) in [4.78, 5) is 34.1. The first-order valence-electron chi connectivity index (χ1n) is 14.5. The Balaban J connectivity index is 0.00000348. The molecular weight excluding hydrogens is 812 g/mol. The summed E-state index contributed by atoms with van der Waals surface area (Å²) < 4.78 is 105. The smallest absolute Gasteiger partial charge is 0.744 e. The van der Waals surface area contributed by atoms with Crippen LogP contribution in [0.2, 0.25) is 0 Å². The average Bonchev–Trinajstić information content (AvgIpc) is 3.05. The van der Waals surface area contributed by atoms with Crippen LogP contribution < -0.4 is 104 Å². The van der Waals surface area contributed by atoms with Gasteiger partial charge in [-0.3, -0.25) is 9.59 Å². The number of aryl methyl sites for hydroxylation is 1. The van der Waals surface area contributed by atoms with Gasteiger partial charge in [-0.15, -0.1) is 10.2 Å². The van der Waals surface area contributed by atoms with E-state index < -0.39 is 62.4 Å². The summed E-state index contributed by atoms with van der Waals surface area (Å²) >= 11 is 0. The molecule has 24 heteroatoms. The zero-order valence-corrected chi connectivity index (χ0v) is 38.4. The van der Waals surface area contributed by atoms with Gasteiger partial charge in [-0.25, -0.2) is 35.2 Å². The van der Waals surface area contributed by atoms with Crippen LogP contribution in [0, 0.1) is 6.92 Å². The Morgan fingerprint density at radius 2 is 1.15 bits per heavy atom. The first-order valence-corrected chi connectivity index (χ1v) is 18.7. The van der Waals surface area contributed by atoms with Crippen molar-refractivity contribution in [3.63, 3.8) is 0 Å². The number of nitrogens with one attached hydrogen (secondary N) is 2. The van der Waals surface area contributed by atoms with Gasteiger partial charge in [-0.1, -0.05) is 18.2 Å². The first kappa shape index (κ1) is 48.4. The van der Waals surface area contributed by atoms with Crippen molar-refractivity contribution in [3.05, 3.63) is 95.8 Å². The maximum absolute atomic E-state index is 13.5. The summed E-state index contributed by atoms with van der Waals surface area (Å²) in [6.07, 6.45) is 0. The normalized spacial score (nSPS) is 11.5. The van der Waals surface area contributed by atoms with Gasteiger partial charge in [0, 0.05) is 30.6 Å². The Morgan fingerprint density at radius 1 is 0.636 bits per heavy atom. The minimum Gasteiger partial charge on any atom is -0.744 e. The van der Waals surface area contributed by atoms with E-state index in [1.165, 1.54) is 43.3 Å². The number of amides is 2. The molecule has 0 radical (unpaired) electrons. The number of anilines is 3. The first-order chi connectivity index (χ1) is 24.2. The van der Waals surface area contributed by atoms with Crippen LogP contribution in [0.1, 0.15) is 26.5 Å². The molecule has 0 fully saturated rings. The topological polar surface area (TPSA) is 284 Å². The molecule has 0 spiro atoms. The molecule has 1 heterocycles. The second kappa shape index (κ2) is 19.2. The molecule has 0 aliphatic heterocycles. The van der Waals surface area contributed by atoms with Gasteiger partial charge in [0.1, 0.15) is 36.2 Å². The van der Waals surface area contributed by atoms with Crippen molar-refractivity contribution in [1.29, 1.82) is 0 Å². The van der Waals surface area contributed by atoms with Crippen molar-refractivity contribution in [3.8, 4) is 0 Å². The van der Waals surface area contributed by atoms with Gasteiger partial charge in [0.2, 0.25) is 0 Å². The molecule has 0 saturated heterocycles. The maximum Gasteiger partial charge on any atom is 1.00 e. The number of para-hydroxylation sites is 1. The Kier molecular flexibility index (Phi) is 16.9. The zero-order chi connectivity index (χ0) is 38.2. The van der Waals surface area contributed by atoms with E-state index in [4.69, 9.17) is 0 Å². The minimum atomic E-state index is -5.34. The molecule has 5 aromatic rings. The van der Waals surface area contributed by atoms with Gasteiger partial charge in [-0.05, 0) is 67.6 Å². The number of carbonyl (C=O) groups is 2. The Morgan fingerprint density at radius 3 is 1.67 bits per heavy atom. The number of hydrogen-bond acceptors (Lipinski definition) is 16. The number of fused-ring (bicyclic) bond motifs is 1. The van der Waals surface area contributed by atoms with E-state index >= 15 is 0 Å². The third-order valence-electron chi connectivity index (χ3n) is 7.10. The number of benzene rings is 4. The molecule has 2 N–H and O–H groups in total. The monoisotopic (exact) mass is 835 g/mol. The number of hydrogen-bond donors (Lipinski definition) is 2. The van der Waals surface area contributed by atoms with Crippen LogP contribution in [0.3, 0.4) is 0 Å². The summed E-state index contributed by atoms with van der Waals surface area (Å²) in [5, 5.41) is 14.1. The second-order valence-corrected chi connectivity index (χ2v) is 15.2. The van der Waals surface area contributed by atoms with E-state index in [1.807, 2.05) is 0 Å². The fourth-order valence-corrected chi connectivity index (χ4v) is 6.55. The van der Waals surface area contributed by atoms with E-state index in [1.54, 1.807) is 31.2 Å². The van der Waals surface area contributed by atoms with Crippen LogP contribution in [0.25, 0.3) is 10.9 Å². The van der Waals surface area contributed by atoms with Crippen molar-refractivity contribution in [2.45, 2.75) is 21.6 Å². The molecule has 0 aliphatic rings. The van der Waals surface area contributed by atoms with Crippen LogP contribution in [0.15, 0.2) is 104 Å². The molecule has 4 aromatic carbocycles. The second-order valence-electron chi connectivity index (χ2n) is 11.1. The van der Waals surface area contributed by atoms with E-state index in [0.29, 0.717) is 34.9 Å². The molecule has 0 aliphatic carbocycles. The van der Waals surface area contributed by atoms with Crippen molar-refractivity contribution in [1.82, 2.24) is 9.97 Å². The van der Waals surface area contributed by atoms with Crippen LogP contribution >= 0.6 is 0 Å². The minimum absolute atomic E-state index is 0. The molecule has 2 amide bonds. The van der Waals surface area contributed by atoms with E-state index in [2.05, 4.69) is 30.8 Å². The summed E-state index contributed by atoms with van der Waals surface area (Å²) in [5.74, 6) is -1.54. The van der Waals surface area contributed by atoms with E-state index in [0.717, 1.165) is 12.1 Å². The summed E-state index contributed by atoms with van der Waals surface area (Å²) in [5.41, 5.74) is -0.511. The van der Waals surface area contributed by atoms with Gasteiger partial charge in [-0.2, -0.15) is 0 Å². The fourth-order valence-electron chi connectivity index (χ4n) is 4.88. The molecule has 55 heavy (non-hydrogen) atoms. The van der Waals surface area contributed by atoms with Crippen molar-refractivity contribution < 1.29 is 137 Å². The summed E-state index contributed by atoms with van der Waals surface area (Å²) in [7, 11) is -12.6. The molecule has 0 atom stereocenters. The summed E-state index contributed by atoms with van der Waals surface area (Å²) in [6, 6.07) is 15.3. The third-order valence-corrected chi connectivity index (χ3v) is 9.56. The van der Waals surface area contributed by atoms with Crippen LogP contribution in [-0.4, -0.2) is 74.8 Å². The number of carbonyl (C=O) groups excluding carboxylic acids is 2. The molecule has 5 rings (SSSR count). The molecule has 0 unspecified atom stereocenters. The number of rotatable bonds is 10. The molecule has 18 nitrogen and oxygen atoms in total. The van der Waals surface area contributed by atoms with Gasteiger partial charge >= 0.3 is 88.7 Å². The largest absolute Gasteiger partial charge is 1.00 e. The van der Waals surface area contributed by atoms with Crippen molar-refractivity contribution in [2.75, 3.05) is 29.6 Å². The SMILES string of the molecule is Cc1nc(N=Nc2cc(NC(=O)c3cccc(S(=O)(=O)[O-])c3)c(N(C)C)c(NC(=O)c3cc(S(=O)(=O)[O-])cc(S(=O)(=O)[O-])c3)c2)c2ccccc2n1.[Na+].[Na+].[Na+]. The van der Waals surface area contributed by atoms with Gasteiger partial charge in [0.15, 0.2) is 5.82 Å². The van der Waals surface area contributed by atoms with E-state index in [9.17, 15) is 48.5 Å². The Bertz CT molecular complexity index is 2620. The predicted octanol–water partition coefficient (Wildman–Crippen LogP) is -5.35. The van der Waals surface area contributed by atoms with Gasteiger partial charge in [0.05, 0.1) is 43.0 Å². The summed E-state index contributed by atoms with van der Waals surface area (Å²) in [6.45, 7) is 1.64. The molecule has 0 bridgehead atoms. The molecular formula is C31H24N7Na3O11S3. The predicted molar refractivity (Wildman–Crippen MR) is 182 cm³/mol. The number of nitrogens with zero attached hydrogens (tertiary/aromatic N) is 5. The maximum atomic E-state index is 13.5. The Labute approximate surface area is 381 Å². The van der Waals surface area contributed by atoms with Crippen LogP contribution in [0.4, 0.5) is 28.6 Å². The Hall–Kier alpha value is -2.71. The van der Waals surface area contributed by atoms with Crippen molar-refractivity contribution >= 4 is 81.6 Å². The van der Waals surface area contributed by atoms with Crippen LogP contribution in [0.5, 0.6) is 0 Å². The van der Waals surface area contributed by atoms with E-state index in [-0.39, 0.29) is 123 Å². The average molecular weight is 836 g/mol. The zero-order valence-electron chi connectivity index (χ0n) is 30.0. The van der Waals surface area contributed by atoms with Crippen molar-refractivity contribution in [2.24, 2.45) is 10.2 Å². The third kappa shape index (κ3) is 12.1. The van der Waals surface area contributed by atoms with Crippen LogP contribution in [-0.2, 0) is 30.4 Å².